The number of rotatable bonds is 5. The summed E-state index contributed by atoms with van der Waals surface area (Å²) in [5, 5.41) is 20.2. The van der Waals surface area contributed by atoms with Gasteiger partial charge in [-0.15, -0.1) is 0 Å². The van der Waals surface area contributed by atoms with Crippen LogP contribution in [0.5, 0.6) is 23.0 Å². The molecular formula is C19H22O5. The summed E-state index contributed by atoms with van der Waals surface area (Å²) in [6.07, 6.45) is 0.108. The van der Waals surface area contributed by atoms with Gasteiger partial charge in [0, 0.05) is 6.42 Å². The fraction of sp³-hybridized carbons (Fsp3) is 0.316. The molecule has 5 nitrogen and oxygen atoms in total. The molecule has 0 aliphatic heterocycles. The zero-order chi connectivity index (χ0) is 17.9. The molecule has 0 aliphatic carbocycles. The van der Waals surface area contributed by atoms with Gasteiger partial charge >= 0.3 is 0 Å². The predicted molar refractivity (Wildman–Crippen MR) is 91.2 cm³/mol. The minimum Gasteiger partial charge on any atom is -0.504 e. The van der Waals surface area contributed by atoms with Crippen molar-refractivity contribution in [2.24, 2.45) is 0 Å². The zero-order valence-corrected chi connectivity index (χ0v) is 14.3. The third-order valence-electron chi connectivity index (χ3n) is 3.35. The van der Waals surface area contributed by atoms with Crippen molar-refractivity contribution in [3.05, 3.63) is 47.5 Å². The Kier molecular flexibility index (Phi) is 5.02. The maximum atomic E-state index is 12.4. The van der Waals surface area contributed by atoms with Gasteiger partial charge in [-0.1, -0.05) is 12.1 Å². The molecule has 5 heteroatoms. The number of hydrogen-bond acceptors (Lipinski definition) is 5. The normalized spacial score (nSPS) is 11.2. The topological polar surface area (TPSA) is 76.0 Å². The summed E-state index contributed by atoms with van der Waals surface area (Å²) in [5.41, 5.74) is 0.317. The fourth-order valence-corrected chi connectivity index (χ4v) is 2.22. The van der Waals surface area contributed by atoms with E-state index in [1.54, 1.807) is 31.4 Å². The largest absolute Gasteiger partial charge is 0.504 e. The maximum Gasteiger partial charge on any atom is 0.201 e. The summed E-state index contributed by atoms with van der Waals surface area (Å²) in [6, 6.07) is 10.0. The van der Waals surface area contributed by atoms with Crippen molar-refractivity contribution in [2.75, 3.05) is 7.11 Å². The van der Waals surface area contributed by atoms with E-state index in [0.29, 0.717) is 5.75 Å². The molecule has 2 aromatic rings. The van der Waals surface area contributed by atoms with Gasteiger partial charge in [0.15, 0.2) is 17.3 Å². The molecule has 0 heterocycles. The van der Waals surface area contributed by atoms with Crippen molar-refractivity contribution in [1.82, 2.24) is 0 Å². The molecule has 0 bridgehead atoms. The molecule has 0 saturated carbocycles. The minimum absolute atomic E-state index is 0.0598. The molecule has 2 N–H and O–H groups in total. The van der Waals surface area contributed by atoms with Crippen LogP contribution in [0, 0.1) is 0 Å². The van der Waals surface area contributed by atoms with Gasteiger partial charge in [0.1, 0.15) is 11.4 Å². The molecule has 0 saturated heterocycles. The Balaban J connectivity index is 2.21. The number of methoxy groups -OCH3 is 1. The number of hydrogen-bond donors (Lipinski definition) is 2. The molecule has 24 heavy (non-hydrogen) atoms. The Morgan fingerprint density at radius 1 is 1.00 bits per heavy atom. The fourth-order valence-electron chi connectivity index (χ4n) is 2.22. The molecule has 0 amide bonds. The van der Waals surface area contributed by atoms with Crippen LogP contribution in [0.4, 0.5) is 0 Å². The molecule has 0 atom stereocenters. The van der Waals surface area contributed by atoms with E-state index in [0.717, 1.165) is 5.56 Å². The molecule has 0 radical (unpaired) electrons. The Morgan fingerprint density at radius 3 is 2.17 bits per heavy atom. The van der Waals surface area contributed by atoms with E-state index < -0.39 is 17.1 Å². The van der Waals surface area contributed by atoms with E-state index in [2.05, 4.69) is 0 Å². The van der Waals surface area contributed by atoms with Crippen molar-refractivity contribution < 1.29 is 24.5 Å². The number of Topliss-reactive ketones (excluding diaryl/α,β-unsaturated/α-hetero) is 1. The summed E-state index contributed by atoms with van der Waals surface area (Å²) in [7, 11) is 1.57. The highest BCUT2D eigenvalue weighted by atomic mass is 16.5. The van der Waals surface area contributed by atoms with Crippen LogP contribution in [-0.2, 0) is 6.42 Å². The summed E-state index contributed by atoms with van der Waals surface area (Å²) in [5.74, 6) is -0.340. The lowest BCUT2D eigenvalue weighted by Gasteiger charge is -2.22. The van der Waals surface area contributed by atoms with Gasteiger partial charge in [0.2, 0.25) is 5.75 Å². The first-order chi connectivity index (χ1) is 11.2. The van der Waals surface area contributed by atoms with Gasteiger partial charge in [-0.05, 0) is 50.6 Å². The average molecular weight is 330 g/mol. The van der Waals surface area contributed by atoms with Crippen LogP contribution in [-0.4, -0.2) is 28.7 Å². The second-order valence-electron chi connectivity index (χ2n) is 6.47. The summed E-state index contributed by atoms with van der Waals surface area (Å²) >= 11 is 0. The summed E-state index contributed by atoms with van der Waals surface area (Å²) < 4.78 is 10.6. The predicted octanol–water partition coefficient (Wildman–Crippen LogP) is 3.71. The Hall–Kier alpha value is -2.69. The van der Waals surface area contributed by atoms with Crippen LogP contribution in [0.1, 0.15) is 36.7 Å². The quantitative estimate of drug-likeness (QED) is 0.645. The van der Waals surface area contributed by atoms with E-state index >= 15 is 0 Å². The van der Waals surface area contributed by atoms with E-state index in [1.807, 2.05) is 20.8 Å². The van der Waals surface area contributed by atoms with Crippen molar-refractivity contribution in [2.45, 2.75) is 32.8 Å². The van der Waals surface area contributed by atoms with Crippen molar-refractivity contribution in [3.8, 4) is 23.0 Å². The third kappa shape index (κ3) is 4.19. The van der Waals surface area contributed by atoms with Gasteiger partial charge in [-0.3, -0.25) is 4.79 Å². The number of carbonyl (C=O) groups excluding carboxylic acids is 1. The standard InChI is InChI=1S/C19H22O5/c1-19(2,3)24-16-10-9-14(17(21)18(16)22)15(20)11-12-5-7-13(23-4)8-6-12/h5-10,21-22H,11H2,1-4H3. The van der Waals surface area contributed by atoms with Crippen molar-refractivity contribution in [3.63, 3.8) is 0 Å². The van der Waals surface area contributed by atoms with Gasteiger partial charge in [0.05, 0.1) is 12.7 Å². The molecule has 2 rings (SSSR count). The zero-order valence-electron chi connectivity index (χ0n) is 14.3. The Labute approximate surface area is 141 Å². The molecule has 128 valence electrons. The van der Waals surface area contributed by atoms with Crippen molar-refractivity contribution in [1.29, 1.82) is 0 Å². The third-order valence-corrected chi connectivity index (χ3v) is 3.35. The molecule has 0 fully saturated rings. The molecule has 0 unspecified atom stereocenters. The molecular weight excluding hydrogens is 308 g/mol. The Bertz CT molecular complexity index is 727. The number of benzene rings is 2. The molecule has 2 aromatic carbocycles. The van der Waals surface area contributed by atoms with Crippen LogP contribution in [0.3, 0.4) is 0 Å². The van der Waals surface area contributed by atoms with Crippen LogP contribution in [0.2, 0.25) is 0 Å². The first-order valence-electron chi connectivity index (χ1n) is 7.61. The Morgan fingerprint density at radius 2 is 1.62 bits per heavy atom. The van der Waals surface area contributed by atoms with E-state index in [1.165, 1.54) is 12.1 Å². The average Bonchev–Trinajstić information content (AvgIpc) is 2.51. The molecule has 0 spiro atoms. The summed E-state index contributed by atoms with van der Waals surface area (Å²) in [4.78, 5) is 12.4. The van der Waals surface area contributed by atoms with Gasteiger partial charge in [-0.25, -0.2) is 0 Å². The van der Waals surface area contributed by atoms with Gasteiger partial charge in [0.25, 0.3) is 0 Å². The number of phenols is 2. The lowest BCUT2D eigenvalue weighted by molar-refractivity contribution is 0.0989. The highest BCUT2D eigenvalue weighted by Crippen LogP contribution is 2.40. The number of ether oxygens (including phenoxy) is 2. The number of carbonyl (C=O) groups is 1. The van der Waals surface area contributed by atoms with E-state index in [-0.39, 0.29) is 23.5 Å². The first kappa shape index (κ1) is 17.7. The summed E-state index contributed by atoms with van der Waals surface area (Å²) in [6.45, 7) is 5.48. The van der Waals surface area contributed by atoms with Crippen LogP contribution >= 0.6 is 0 Å². The molecule has 0 aliphatic rings. The van der Waals surface area contributed by atoms with E-state index in [4.69, 9.17) is 9.47 Å². The van der Waals surface area contributed by atoms with Crippen LogP contribution in [0.15, 0.2) is 36.4 Å². The van der Waals surface area contributed by atoms with Gasteiger partial charge < -0.3 is 19.7 Å². The van der Waals surface area contributed by atoms with Gasteiger partial charge in [-0.2, -0.15) is 0 Å². The van der Waals surface area contributed by atoms with Crippen molar-refractivity contribution >= 4 is 5.78 Å². The van der Waals surface area contributed by atoms with Crippen LogP contribution in [0.25, 0.3) is 0 Å². The molecule has 0 aromatic heterocycles. The number of aromatic hydroxyl groups is 2. The number of ketones is 1. The van der Waals surface area contributed by atoms with E-state index in [9.17, 15) is 15.0 Å². The second-order valence-corrected chi connectivity index (χ2v) is 6.47. The lowest BCUT2D eigenvalue weighted by Crippen LogP contribution is -2.23. The second kappa shape index (κ2) is 6.83. The highest BCUT2D eigenvalue weighted by Gasteiger charge is 2.21. The maximum absolute atomic E-state index is 12.4. The smallest absolute Gasteiger partial charge is 0.201 e. The van der Waals surface area contributed by atoms with Crippen LogP contribution < -0.4 is 9.47 Å². The first-order valence-corrected chi connectivity index (χ1v) is 7.61. The highest BCUT2D eigenvalue weighted by molar-refractivity contribution is 6.00. The minimum atomic E-state index is -0.529. The lowest BCUT2D eigenvalue weighted by atomic mass is 10.0. The SMILES string of the molecule is COc1ccc(CC(=O)c2ccc(OC(C)(C)C)c(O)c2O)cc1. The number of phenolic OH excluding ortho intramolecular Hbond substituents is 2. The monoisotopic (exact) mass is 330 g/mol.